The van der Waals surface area contributed by atoms with Crippen molar-refractivity contribution in [1.29, 1.82) is 0 Å². The molecule has 2 saturated heterocycles. The summed E-state index contributed by atoms with van der Waals surface area (Å²) in [6.07, 6.45) is 6.20. The zero-order valence-electron chi connectivity index (χ0n) is 9.94. The van der Waals surface area contributed by atoms with Gasteiger partial charge in [0, 0.05) is 25.7 Å². The van der Waals surface area contributed by atoms with Crippen molar-refractivity contribution < 1.29 is 0 Å². The van der Waals surface area contributed by atoms with Crippen molar-refractivity contribution in [1.82, 2.24) is 14.8 Å². The summed E-state index contributed by atoms with van der Waals surface area (Å²) >= 11 is 4.18. The molecule has 2 aliphatic rings. The molecule has 94 valence electrons. The Morgan fingerprint density at radius 3 is 3.12 bits per heavy atom. The molecule has 0 unspecified atom stereocenters. The van der Waals surface area contributed by atoms with Gasteiger partial charge in [0.05, 0.1) is 15.6 Å². The lowest BCUT2D eigenvalue weighted by molar-refractivity contribution is 0.0456. The predicted octanol–water partition coefficient (Wildman–Crippen LogP) is 2.42. The number of piperidine rings is 1. The van der Waals surface area contributed by atoms with Gasteiger partial charge in [0.15, 0.2) is 0 Å². The highest BCUT2D eigenvalue weighted by atomic mass is 127. The largest absolute Gasteiger partial charge is 0.298 e. The number of hydrogen-bond donors (Lipinski definition) is 0. The smallest absolute Gasteiger partial charge is 0.108 e. The third-order valence-electron chi connectivity index (χ3n) is 3.81. The topological polar surface area (TPSA) is 19.4 Å². The number of nitrogens with zero attached hydrogens (tertiary/aromatic N) is 3. The molecule has 3 rings (SSSR count). The van der Waals surface area contributed by atoms with Crippen LogP contribution in [0.15, 0.2) is 6.20 Å². The van der Waals surface area contributed by atoms with Gasteiger partial charge in [-0.25, -0.2) is 4.98 Å². The molecule has 0 aliphatic carbocycles. The summed E-state index contributed by atoms with van der Waals surface area (Å²) in [4.78, 5) is 9.74. The second kappa shape index (κ2) is 5.50. The van der Waals surface area contributed by atoms with E-state index >= 15 is 0 Å². The average molecular weight is 363 g/mol. The summed E-state index contributed by atoms with van der Waals surface area (Å²) in [5.74, 6) is 0. The Kier molecular flexibility index (Phi) is 3.99. The minimum atomic E-state index is 0.816. The summed E-state index contributed by atoms with van der Waals surface area (Å²) in [5.41, 5.74) is 0. The van der Waals surface area contributed by atoms with Crippen LogP contribution < -0.4 is 0 Å². The van der Waals surface area contributed by atoms with E-state index in [4.69, 9.17) is 0 Å². The van der Waals surface area contributed by atoms with Crippen LogP contribution >= 0.6 is 33.9 Å². The molecule has 1 aromatic rings. The number of halogens is 1. The van der Waals surface area contributed by atoms with Crippen molar-refractivity contribution in [3.63, 3.8) is 0 Å². The fourth-order valence-corrected chi connectivity index (χ4v) is 4.50. The molecule has 17 heavy (non-hydrogen) atoms. The van der Waals surface area contributed by atoms with Gasteiger partial charge in [-0.15, -0.1) is 11.3 Å². The van der Waals surface area contributed by atoms with Gasteiger partial charge >= 0.3 is 0 Å². The SMILES string of the molecule is Ic1cnc(CN2CCN3CCCC[C@@H]3C2)s1. The fraction of sp³-hybridized carbons (Fsp3) is 0.750. The van der Waals surface area contributed by atoms with E-state index in [0.29, 0.717) is 0 Å². The molecule has 2 aliphatic heterocycles. The van der Waals surface area contributed by atoms with Gasteiger partial charge in [-0.05, 0) is 42.0 Å². The van der Waals surface area contributed by atoms with Gasteiger partial charge in [0.25, 0.3) is 0 Å². The van der Waals surface area contributed by atoms with Crippen molar-refractivity contribution in [2.24, 2.45) is 0 Å². The van der Waals surface area contributed by atoms with Gasteiger partial charge in [-0.3, -0.25) is 9.80 Å². The van der Waals surface area contributed by atoms with Gasteiger partial charge < -0.3 is 0 Å². The third-order valence-corrected chi connectivity index (χ3v) is 5.52. The van der Waals surface area contributed by atoms with Crippen LogP contribution in [0.25, 0.3) is 0 Å². The van der Waals surface area contributed by atoms with E-state index in [1.54, 1.807) is 0 Å². The second-order valence-electron chi connectivity index (χ2n) is 4.98. The summed E-state index contributed by atoms with van der Waals surface area (Å²) < 4.78 is 1.30. The van der Waals surface area contributed by atoms with Crippen LogP contribution in [-0.2, 0) is 6.54 Å². The first kappa shape index (κ1) is 12.3. The second-order valence-corrected chi connectivity index (χ2v) is 7.99. The van der Waals surface area contributed by atoms with E-state index in [-0.39, 0.29) is 0 Å². The molecule has 5 heteroatoms. The zero-order valence-corrected chi connectivity index (χ0v) is 12.9. The third kappa shape index (κ3) is 3.00. The van der Waals surface area contributed by atoms with Crippen LogP contribution in [0.2, 0.25) is 0 Å². The molecule has 0 saturated carbocycles. The van der Waals surface area contributed by atoms with Crippen LogP contribution in [0.3, 0.4) is 0 Å². The molecule has 0 N–H and O–H groups in total. The van der Waals surface area contributed by atoms with E-state index in [2.05, 4.69) is 37.4 Å². The Morgan fingerprint density at radius 2 is 2.29 bits per heavy atom. The lowest BCUT2D eigenvalue weighted by Crippen LogP contribution is -2.54. The molecule has 0 spiro atoms. The number of fused-ring (bicyclic) bond motifs is 1. The Bertz CT molecular complexity index is 382. The quantitative estimate of drug-likeness (QED) is 0.753. The summed E-state index contributed by atoms with van der Waals surface area (Å²) in [7, 11) is 0. The molecule has 3 heterocycles. The maximum atomic E-state index is 4.47. The lowest BCUT2D eigenvalue weighted by atomic mass is 9.99. The molecular formula is C12H18IN3S. The van der Waals surface area contributed by atoms with Crippen LogP contribution in [0.1, 0.15) is 24.3 Å². The Morgan fingerprint density at radius 1 is 1.35 bits per heavy atom. The van der Waals surface area contributed by atoms with Gasteiger partial charge in [-0.1, -0.05) is 6.42 Å². The molecular weight excluding hydrogens is 345 g/mol. The lowest BCUT2D eigenvalue weighted by Gasteiger charge is -2.43. The van der Waals surface area contributed by atoms with Crippen LogP contribution in [0.5, 0.6) is 0 Å². The van der Waals surface area contributed by atoms with E-state index in [0.717, 1.165) is 12.6 Å². The zero-order chi connectivity index (χ0) is 11.7. The Labute approximate surface area is 120 Å². The molecule has 0 radical (unpaired) electrons. The van der Waals surface area contributed by atoms with Crippen molar-refractivity contribution in [3.8, 4) is 0 Å². The Balaban J connectivity index is 1.58. The van der Waals surface area contributed by atoms with Crippen LogP contribution in [-0.4, -0.2) is 47.0 Å². The average Bonchev–Trinajstić information content (AvgIpc) is 2.75. The van der Waals surface area contributed by atoms with E-state index in [1.165, 1.54) is 53.3 Å². The molecule has 0 bridgehead atoms. The van der Waals surface area contributed by atoms with E-state index in [9.17, 15) is 0 Å². The highest BCUT2D eigenvalue weighted by Gasteiger charge is 2.28. The normalized spacial score (nSPS) is 27.0. The summed E-state index contributed by atoms with van der Waals surface area (Å²) in [6.45, 7) is 6.10. The fourth-order valence-electron chi connectivity index (χ4n) is 2.92. The number of hydrogen-bond acceptors (Lipinski definition) is 4. The van der Waals surface area contributed by atoms with Crippen molar-refractivity contribution in [2.75, 3.05) is 26.2 Å². The summed E-state index contributed by atoms with van der Waals surface area (Å²) in [6, 6.07) is 0.816. The first-order valence-electron chi connectivity index (χ1n) is 6.38. The monoisotopic (exact) mass is 363 g/mol. The molecule has 0 aromatic carbocycles. The number of piperazine rings is 1. The molecule has 2 fully saturated rings. The maximum Gasteiger partial charge on any atom is 0.108 e. The highest BCUT2D eigenvalue weighted by Crippen LogP contribution is 2.23. The van der Waals surface area contributed by atoms with Crippen molar-refractivity contribution in [2.45, 2.75) is 31.8 Å². The van der Waals surface area contributed by atoms with Gasteiger partial charge in [0.1, 0.15) is 5.01 Å². The molecule has 3 nitrogen and oxygen atoms in total. The number of aromatic nitrogens is 1. The minimum Gasteiger partial charge on any atom is -0.298 e. The minimum absolute atomic E-state index is 0.816. The first-order chi connectivity index (χ1) is 8.31. The predicted molar refractivity (Wildman–Crippen MR) is 79.3 cm³/mol. The van der Waals surface area contributed by atoms with Gasteiger partial charge in [0.2, 0.25) is 0 Å². The molecule has 1 aromatic heterocycles. The maximum absolute atomic E-state index is 4.47. The molecule has 1 atom stereocenters. The van der Waals surface area contributed by atoms with E-state index in [1.807, 2.05) is 17.5 Å². The Hall–Kier alpha value is 0.280. The van der Waals surface area contributed by atoms with Crippen molar-refractivity contribution in [3.05, 3.63) is 14.1 Å². The van der Waals surface area contributed by atoms with Crippen molar-refractivity contribution >= 4 is 33.9 Å². The van der Waals surface area contributed by atoms with Crippen LogP contribution in [0, 0.1) is 2.88 Å². The first-order valence-corrected chi connectivity index (χ1v) is 8.27. The molecule has 0 amide bonds. The summed E-state index contributed by atoms with van der Waals surface area (Å²) in [5, 5.41) is 1.28. The standard InChI is InChI=1S/C12H18IN3S/c13-11-7-14-12(17-11)9-15-5-6-16-4-2-1-3-10(16)8-15/h7,10H,1-6,8-9H2/t10-/m1/s1. The van der Waals surface area contributed by atoms with Gasteiger partial charge in [-0.2, -0.15) is 0 Å². The number of rotatable bonds is 2. The van der Waals surface area contributed by atoms with Crippen LogP contribution in [0.4, 0.5) is 0 Å². The van der Waals surface area contributed by atoms with E-state index < -0.39 is 0 Å². The highest BCUT2D eigenvalue weighted by molar-refractivity contribution is 14.1. The number of thiazole rings is 1.